The van der Waals surface area contributed by atoms with Crippen molar-refractivity contribution in [1.29, 1.82) is 0 Å². The summed E-state index contributed by atoms with van der Waals surface area (Å²) >= 11 is 0. The molecule has 0 aromatic heterocycles. The Morgan fingerprint density at radius 1 is 1.56 bits per heavy atom. The molecule has 1 atom stereocenters. The van der Waals surface area contributed by atoms with Crippen LogP contribution in [0.25, 0.3) is 0 Å². The maximum Gasteiger partial charge on any atom is 0.227 e. The average molecular weight is 249 g/mol. The topological polar surface area (TPSA) is 101 Å². The van der Waals surface area contributed by atoms with Gasteiger partial charge in [-0.15, -0.1) is 0 Å². The Bertz CT molecular complexity index is 347. The number of hydrogen-bond donors (Lipinski definition) is 3. The summed E-state index contributed by atoms with van der Waals surface area (Å²) in [4.78, 5) is 11.8. The van der Waals surface area contributed by atoms with E-state index in [1.54, 1.807) is 0 Å². The van der Waals surface area contributed by atoms with Gasteiger partial charge in [-0.25, -0.2) is 13.6 Å². The minimum absolute atomic E-state index is 0.0766. The molecule has 94 valence electrons. The van der Waals surface area contributed by atoms with Crippen LogP contribution >= 0.6 is 0 Å². The van der Waals surface area contributed by atoms with E-state index < -0.39 is 15.4 Å². The second kappa shape index (κ2) is 5.11. The molecule has 0 radical (unpaired) electrons. The van der Waals surface area contributed by atoms with Crippen LogP contribution in [0.2, 0.25) is 0 Å². The largest absolute Gasteiger partial charge is 0.355 e. The van der Waals surface area contributed by atoms with Crippen molar-refractivity contribution in [2.75, 3.05) is 25.4 Å². The summed E-state index contributed by atoms with van der Waals surface area (Å²) in [5.41, 5.74) is -0.434. The van der Waals surface area contributed by atoms with Gasteiger partial charge in [-0.2, -0.15) is 0 Å². The van der Waals surface area contributed by atoms with Crippen molar-refractivity contribution in [3.63, 3.8) is 0 Å². The Labute approximate surface area is 96.0 Å². The minimum atomic E-state index is -3.50. The lowest BCUT2D eigenvalue weighted by Gasteiger charge is -2.32. The summed E-state index contributed by atoms with van der Waals surface area (Å²) in [7, 11) is -3.50. The number of nitrogens with two attached hydrogens (primary N) is 1. The smallest absolute Gasteiger partial charge is 0.227 e. The Hall–Kier alpha value is -0.660. The van der Waals surface area contributed by atoms with Crippen LogP contribution in [0.15, 0.2) is 0 Å². The molecule has 16 heavy (non-hydrogen) atoms. The molecule has 1 aliphatic heterocycles. The van der Waals surface area contributed by atoms with Gasteiger partial charge < -0.3 is 10.6 Å². The predicted octanol–water partition coefficient (Wildman–Crippen LogP) is -1.22. The van der Waals surface area contributed by atoms with Crippen LogP contribution in [-0.4, -0.2) is 39.7 Å². The lowest BCUT2D eigenvalue weighted by molar-refractivity contribution is -0.130. The zero-order valence-corrected chi connectivity index (χ0v) is 10.3. The van der Waals surface area contributed by atoms with Crippen molar-refractivity contribution in [2.45, 2.75) is 19.8 Å². The highest BCUT2D eigenvalue weighted by Gasteiger charge is 2.34. The molecule has 0 aromatic carbocycles. The molecule has 0 spiro atoms. The Morgan fingerprint density at radius 2 is 2.25 bits per heavy atom. The molecule has 0 bridgehead atoms. The van der Waals surface area contributed by atoms with Gasteiger partial charge in [-0.3, -0.25) is 4.79 Å². The highest BCUT2D eigenvalue weighted by Crippen LogP contribution is 2.25. The quantitative estimate of drug-likeness (QED) is 0.581. The number of hydrogen-bond acceptors (Lipinski definition) is 4. The summed E-state index contributed by atoms with van der Waals surface area (Å²) in [5, 5.41) is 10.6. The summed E-state index contributed by atoms with van der Waals surface area (Å²) < 4.78 is 21.4. The predicted molar refractivity (Wildman–Crippen MR) is 61.2 cm³/mol. The van der Waals surface area contributed by atoms with Crippen LogP contribution < -0.4 is 15.8 Å². The molecule has 7 heteroatoms. The number of amides is 1. The standard InChI is InChI=1S/C9H19N3O3S/c1-9(3-2-4-11-7-9)8(13)12-5-6-16(10,14)15/h11H,2-7H2,1H3,(H,12,13)(H2,10,14,15). The van der Waals surface area contributed by atoms with E-state index in [0.29, 0.717) is 6.54 Å². The molecule has 1 aliphatic rings. The lowest BCUT2D eigenvalue weighted by Crippen LogP contribution is -2.49. The summed E-state index contributed by atoms with van der Waals surface area (Å²) in [6.45, 7) is 3.52. The van der Waals surface area contributed by atoms with Crippen molar-refractivity contribution >= 4 is 15.9 Å². The second-order valence-corrected chi connectivity index (χ2v) is 6.20. The van der Waals surface area contributed by atoms with Crippen molar-refractivity contribution < 1.29 is 13.2 Å². The third-order valence-corrected chi connectivity index (χ3v) is 3.59. The zero-order chi connectivity index (χ0) is 12.2. The molecule has 0 saturated carbocycles. The molecule has 1 saturated heterocycles. The van der Waals surface area contributed by atoms with Crippen LogP contribution in [0.4, 0.5) is 0 Å². The van der Waals surface area contributed by atoms with Gasteiger partial charge in [-0.05, 0) is 26.3 Å². The van der Waals surface area contributed by atoms with Gasteiger partial charge in [0.1, 0.15) is 0 Å². The number of sulfonamides is 1. The normalized spacial score (nSPS) is 26.4. The summed E-state index contributed by atoms with van der Waals surface area (Å²) in [6, 6.07) is 0. The first-order valence-electron chi connectivity index (χ1n) is 5.33. The number of carbonyl (C=O) groups excluding carboxylic acids is 1. The van der Waals surface area contributed by atoms with Gasteiger partial charge in [0, 0.05) is 13.1 Å². The van der Waals surface area contributed by atoms with E-state index in [1.165, 1.54) is 0 Å². The van der Waals surface area contributed by atoms with Gasteiger partial charge in [0.25, 0.3) is 0 Å². The summed E-state index contributed by atoms with van der Waals surface area (Å²) in [6.07, 6.45) is 1.78. The van der Waals surface area contributed by atoms with E-state index in [-0.39, 0.29) is 18.2 Å². The van der Waals surface area contributed by atoms with Crippen molar-refractivity contribution in [2.24, 2.45) is 10.6 Å². The van der Waals surface area contributed by atoms with Crippen LogP contribution in [-0.2, 0) is 14.8 Å². The average Bonchev–Trinajstić information content (AvgIpc) is 2.16. The summed E-state index contributed by atoms with van der Waals surface area (Å²) in [5.74, 6) is -0.328. The van der Waals surface area contributed by atoms with Crippen LogP contribution in [0.5, 0.6) is 0 Å². The SMILES string of the molecule is CC1(C(=O)NCCS(N)(=O)=O)CCCNC1. The second-order valence-electron chi connectivity index (χ2n) is 4.46. The monoisotopic (exact) mass is 249 g/mol. The van der Waals surface area contributed by atoms with E-state index in [9.17, 15) is 13.2 Å². The van der Waals surface area contributed by atoms with Crippen molar-refractivity contribution in [3.8, 4) is 0 Å². The van der Waals surface area contributed by atoms with E-state index in [2.05, 4.69) is 10.6 Å². The Morgan fingerprint density at radius 3 is 2.75 bits per heavy atom. The Balaban J connectivity index is 2.39. The van der Waals surface area contributed by atoms with Gasteiger partial charge in [-0.1, -0.05) is 0 Å². The van der Waals surface area contributed by atoms with Crippen molar-refractivity contribution in [1.82, 2.24) is 10.6 Å². The Kier molecular flexibility index (Phi) is 4.28. The van der Waals surface area contributed by atoms with Gasteiger partial charge in [0.15, 0.2) is 0 Å². The van der Waals surface area contributed by atoms with E-state index in [4.69, 9.17) is 5.14 Å². The van der Waals surface area contributed by atoms with Gasteiger partial charge >= 0.3 is 0 Å². The molecule has 6 nitrogen and oxygen atoms in total. The van der Waals surface area contributed by atoms with Crippen LogP contribution in [0.1, 0.15) is 19.8 Å². The fraction of sp³-hybridized carbons (Fsp3) is 0.889. The molecule has 1 fully saturated rings. The molecule has 4 N–H and O–H groups in total. The molecule has 0 aliphatic carbocycles. The highest BCUT2D eigenvalue weighted by molar-refractivity contribution is 7.89. The van der Waals surface area contributed by atoms with Gasteiger partial charge in [0.05, 0.1) is 11.2 Å². The molecule has 1 rings (SSSR count). The lowest BCUT2D eigenvalue weighted by atomic mass is 9.82. The number of carbonyl (C=O) groups is 1. The molecule has 0 aromatic rings. The third-order valence-electron chi connectivity index (χ3n) is 2.82. The van der Waals surface area contributed by atoms with E-state index in [1.807, 2.05) is 6.92 Å². The molecule has 1 amide bonds. The number of rotatable bonds is 4. The van der Waals surface area contributed by atoms with Crippen LogP contribution in [0, 0.1) is 5.41 Å². The fourth-order valence-electron chi connectivity index (χ4n) is 1.77. The number of nitrogens with one attached hydrogen (secondary N) is 2. The molecular weight excluding hydrogens is 230 g/mol. The molecular formula is C9H19N3O3S. The number of piperidine rings is 1. The first-order valence-corrected chi connectivity index (χ1v) is 7.05. The van der Waals surface area contributed by atoms with Gasteiger partial charge in [0.2, 0.25) is 15.9 Å². The minimum Gasteiger partial charge on any atom is -0.355 e. The van der Waals surface area contributed by atoms with E-state index >= 15 is 0 Å². The van der Waals surface area contributed by atoms with Crippen molar-refractivity contribution in [3.05, 3.63) is 0 Å². The molecule has 1 unspecified atom stereocenters. The number of primary sulfonamides is 1. The molecule has 1 heterocycles. The maximum atomic E-state index is 11.8. The zero-order valence-electron chi connectivity index (χ0n) is 9.45. The third kappa shape index (κ3) is 4.07. The van der Waals surface area contributed by atoms with Crippen LogP contribution in [0.3, 0.4) is 0 Å². The maximum absolute atomic E-state index is 11.8. The first-order chi connectivity index (χ1) is 7.33. The highest BCUT2D eigenvalue weighted by atomic mass is 32.2. The van der Waals surface area contributed by atoms with E-state index in [0.717, 1.165) is 19.4 Å². The first kappa shape index (κ1) is 13.4. The fourth-order valence-corrected chi connectivity index (χ4v) is 2.16.